The van der Waals surface area contributed by atoms with E-state index in [0.29, 0.717) is 10.4 Å². The Bertz CT molecular complexity index is 141. The van der Waals surface area contributed by atoms with Crippen molar-refractivity contribution in [1.29, 1.82) is 0 Å². The molecule has 1 radical (unpaired) electrons. The smallest absolute Gasteiger partial charge is 0.133 e. The molecule has 0 atom stereocenters. The van der Waals surface area contributed by atoms with Crippen LogP contribution in [0.3, 0.4) is 0 Å². The number of nitrogens with zero attached hydrogens (tertiary/aromatic N) is 1. The maximum atomic E-state index is 4.93. The van der Waals surface area contributed by atoms with Gasteiger partial charge < -0.3 is 4.90 Å². The molecule has 0 aromatic carbocycles. The number of thiocarbonyl (C=S) groups is 1. The highest BCUT2D eigenvalue weighted by molar-refractivity contribution is 8.10. The van der Waals surface area contributed by atoms with Gasteiger partial charge in [-0.2, -0.15) is 0 Å². The molecular formula is C8H14NS2. The third-order valence-corrected chi connectivity index (χ3v) is 2.75. The van der Waals surface area contributed by atoms with E-state index in [1.165, 1.54) is 32.1 Å². The summed E-state index contributed by atoms with van der Waals surface area (Å²) < 4.78 is 0.622. The van der Waals surface area contributed by atoms with Crippen LogP contribution in [0.1, 0.15) is 32.1 Å². The zero-order valence-corrected chi connectivity index (χ0v) is 8.33. The van der Waals surface area contributed by atoms with Gasteiger partial charge in [-0.15, -0.1) is 12.6 Å². The van der Waals surface area contributed by atoms with Crippen LogP contribution in [0.5, 0.6) is 0 Å². The molecule has 0 saturated heterocycles. The second-order valence-electron chi connectivity index (χ2n) is 3.04. The van der Waals surface area contributed by atoms with Gasteiger partial charge in [0.05, 0.1) is 0 Å². The summed E-state index contributed by atoms with van der Waals surface area (Å²) in [4.78, 5) is 1.87. The van der Waals surface area contributed by atoms with Gasteiger partial charge in [0.15, 0.2) is 0 Å². The Balaban J connectivity index is 2.38. The molecule has 63 valence electrons. The quantitative estimate of drug-likeness (QED) is 0.498. The molecule has 0 aromatic heterocycles. The average molecular weight is 188 g/mol. The fourth-order valence-corrected chi connectivity index (χ4v) is 1.86. The summed E-state index contributed by atoms with van der Waals surface area (Å²) in [5, 5.41) is 0. The highest BCUT2D eigenvalue weighted by atomic mass is 32.1. The molecule has 1 saturated carbocycles. The van der Waals surface area contributed by atoms with Crippen molar-refractivity contribution in [2.24, 2.45) is 0 Å². The van der Waals surface area contributed by atoms with Crippen molar-refractivity contribution in [1.82, 2.24) is 4.90 Å². The van der Waals surface area contributed by atoms with Crippen LogP contribution in [-0.4, -0.2) is 15.3 Å². The highest BCUT2D eigenvalue weighted by Gasteiger charge is 2.18. The summed E-state index contributed by atoms with van der Waals surface area (Å²) in [6.07, 6.45) is 6.44. The van der Waals surface area contributed by atoms with E-state index < -0.39 is 0 Å². The fourth-order valence-electron chi connectivity index (χ4n) is 1.55. The van der Waals surface area contributed by atoms with Crippen molar-refractivity contribution < 1.29 is 0 Å². The lowest BCUT2D eigenvalue weighted by Crippen LogP contribution is -2.33. The minimum Gasteiger partial charge on any atom is -0.353 e. The SMILES string of the molecule is [CH2]N(C(=S)S)C1CCCCC1. The highest BCUT2D eigenvalue weighted by Crippen LogP contribution is 2.22. The Labute approximate surface area is 79.6 Å². The maximum absolute atomic E-state index is 4.93. The van der Waals surface area contributed by atoms with Gasteiger partial charge >= 0.3 is 0 Å². The largest absolute Gasteiger partial charge is 0.353 e. The van der Waals surface area contributed by atoms with Crippen molar-refractivity contribution in [3.63, 3.8) is 0 Å². The maximum Gasteiger partial charge on any atom is 0.133 e. The molecule has 1 rings (SSSR count). The molecule has 0 unspecified atom stereocenters. The van der Waals surface area contributed by atoms with E-state index in [9.17, 15) is 0 Å². The van der Waals surface area contributed by atoms with Crippen LogP contribution >= 0.6 is 24.8 Å². The Morgan fingerprint density at radius 2 is 1.91 bits per heavy atom. The summed E-state index contributed by atoms with van der Waals surface area (Å²) in [5.74, 6) is 0. The Hall–Kier alpha value is 0.240. The van der Waals surface area contributed by atoms with Crippen molar-refractivity contribution in [3.05, 3.63) is 7.05 Å². The van der Waals surface area contributed by atoms with Gasteiger partial charge in [-0.1, -0.05) is 31.5 Å². The first-order valence-corrected chi connectivity index (χ1v) is 4.90. The molecule has 1 aliphatic rings. The lowest BCUT2D eigenvalue weighted by atomic mass is 9.95. The van der Waals surface area contributed by atoms with E-state index in [2.05, 4.69) is 19.7 Å². The third-order valence-electron chi connectivity index (χ3n) is 2.26. The van der Waals surface area contributed by atoms with Crippen LogP contribution in [-0.2, 0) is 0 Å². The van der Waals surface area contributed by atoms with Gasteiger partial charge in [-0.05, 0) is 12.8 Å². The van der Waals surface area contributed by atoms with Crippen LogP contribution in [0, 0.1) is 7.05 Å². The van der Waals surface area contributed by atoms with Crippen molar-refractivity contribution >= 4 is 29.2 Å². The summed E-state index contributed by atoms with van der Waals surface area (Å²) in [5.41, 5.74) is 0. The normalized spacial score (nSPS) is 19.8. The molecule has 1 nitrogen and oxygen atoms in total. The summed E-state index contributed by atoms with van der Waals surface area (Å²) >= 11 is 9.02. The second-order valence-corrected chi connectivity index (χ2v) is 4.16. The zero-order chi connectivity index (χ0) is 8.27. The molecule has 3 heteroatoms. The number of hydrogen-bond acceptors (Lipinski definition) is 1. The summed E-state index contributed by atoms with van der Waals surface area (Å²) in [6, 6.07) is 0.550. The van der Waals surface area contributed by atoms with Gasteiger partial charge in [0.25, 0.3) is 0 Å². The molecule has 0 heterocycles. The molecule has 11 heavy (non-hydrogen) atoms. The minimum atomic E-state index is 0.550. The van der Waals surface area contributed by atoms with Crippen LogP contribution in [0.4, 0.5) is 0 Å². The Morgan fingerprint density at radius 3 is 2.36 bits per heavy atom. The average Bonchev–Trinajstić information content (AvgIpc) is 2.05. The molecule has 0 bridgehead atoms. The second kappa shape index (κ2) is 4.31. The lowest BCUT2D eigenvalue weighted by Gasteiger charge is -2.31. The molecule has 0 amide bonds. The topological polar surface area (TPSA) is 3.24 Å². The standard InChI is InChI=1S/C8H14NS2/c1-9(8(10)11)7-5-3-2-4-6-7/h7H,1-6H2,(H,10,11). The van der Waals surface area contributed by atoms with Crippen LogP contribution in [0.15, 0.2) is 0 Å². The summed E-state index contributed by atoms with van der Waals surface area (Å²) in [6.45, 7) is 0. The summed E-state index contributed by atoms with van der Waals surface area (Å²) in [7, 11) is 3.88. The van der Waals surface area contributed by atoms with Crippen LogP contribution < -0.4 is 0 Å². The molecule has 1 fully saturated rings. The van der Waals surface area contributed by atoms with Gasteiger partial charge in [0.1, 0.15) is 4.32 Å². The number of rotatable bonds is 1. The molecule has 0 aliphatic heterocycles. The molecular weight excluding hydrogens is 174 g/mol. The number of hydrogen-bond donors (Lipinski definition) is 1. The van der Waals surface area contributed by atoms with Gasteiger partial charge in [-0.25, -0.2) is 0 Å². The van der Waals surface area contributed by atoms with E-state index >= 15 is 0 Å². The van der Waals surface area contributed by atoms with E-state index in [1.54, 1.807) is 0 Å². The van der Waals surface area contributed by atoms with Crippen molar-refractivity contribution in [2.75, 3.05) is 0 Å². The van der Waals surface area contributed by atoms with E-state index in [4.69, 9.17) is 12.2 Å². The molecule has 0 N–H and O–H groups in total. The predicted molar refractivity (Wildman–Crippen MR) is 55.7 cm³/mol. The molecule has 0 aromatic rings. The molecule has 0 spiro atoms. The van der Waals surface area contributed by atoms with Gasteiger partial charge in [0, 0.05) is 13.1 Å². The van der Waals surface area contributed by atoms with Crippen LogP contribution in [0.2, 0.25) is 0 Å². The third kappa shape index (κ3) is 2.64. The van der Waals surface area contributed by atoms with E-state index in [0.717, 1.165) is 0 Å². The minimum absolute atomic E-state index is 0.550. The fraction of sp³-hybridized carbons (Fsp3) is 0.750. The van der Waals surface area contributed by atoms with Crippen LogP contribution in [0.25, 0.3) is 0 Å². The number of thiol groups is 1. The zero-order valence-electron chi connectivity index (χ0n) is 6.62. The van der Waals surface area contributed by atoms with E-state index in [1.807, 2.05) is 4.90 Å². The molecule has 1 aliphatic carbocycles. The van der Waals surface area contributed by atoms with Gasteiger partial charge in [0.2, 0.25) is 0 Å². The monoisotopic (exact) mass is 188 g/mol. The lowest BCUT2D eigenvalue weighted by molar-refractivity contribution is 0.304. The van der Waals surface area contributed by atoms with Crippen molar-refractivity contribution in [3.8, 4) is 0 Å². The van der Waals surface area contributed by atoms with E-state index in [-0.39, 0.29) is 0 Å². The first-order chi connectivity index (χ1) is 5.22. The Kier molecular flexibility index (Phi) is 3.66. The Morgan fingerprint density at radius 1 is 1.36 bits per heavy atom. The van der Waals surface area contributed by atoms with Crippen molar-refractivity contribution in [2.45, 2.75) is 38.1 Å². The first-order valence-electron chi connectivity index (χ1n) is 4.04. The first kappa shape index (κ1) is 9.33. The predicted octanol–water partition coefficient (Wildman–Crippen LogP) is 2.63. The van der Waals surface area contributed by atoms with Gasteiger partial charge in [-0.3, -0.25) is 0 Å².